The van der Waals surface area contributed by atoms with E-state index in [1.807, 2.05) is 0 Å². The Bertz CT molecular complexity index is 162. The highest BCUT2D eigenvalue weighted by atomic mass is 16.4. The molecule has 5 heteroatoms. The molecule has 0 aromatic rings. The van der Waals surface area contributed by atoms with Crippen LogP contribution in [0.5, 0.6) is 0 Å². The number of carboxylic acids is 1. The van der Waals surface area contributed by atoms with Crippen molar-refractivity contribution in [3.05, 3.63) is 0 Å². The molecule has 1 unspecified atom stereocenters. The molecule has 1 aliphatic rings. The van der Waals surface area contributed by atoms with Crippen molar-refractivity contribution in [3.8, 4) is 0 Å². The number of hydrogen-bond acceptors (Lipinski definition) is 1. The van der Waals surface area contributed by atoms with Crippen molar-refractivity contribution in [1.29, 1.82) is 0 Å². The lowest BCUT2D eigenvalue weighted by Gasteiger charge is -2.12. The van der Waals surface area contributed by atoms with Gasteiger partial charge in [-0.2, -0.15) is 0 Å². The summed E-state index contributed by atoms with van der Waals surface area (Å²) in [5, 5.41) is 8.83. The van der Waals surface area contributed by atoms with E-state index in [1.54, 1.807) is 0 Å². The van der Waals surface area contributed by atoms with Gasteiger partial charge in [0.2, 0.25) is 0 Å². The van der Waals surface area contributed by atoms with E-state index >= 15 is 0 Å². The second-order valence-corrected chi connectivity index (χ2v) is 3.57. The third-order valence-electron chi connectivity index (χ3n) is 2.97. The first-order valence-corrected chi connectivity index (χ1v) is 4.39. The van der Waals surface area contributed by atoms with E-state index in [4.69, 9.17) is 5.11 Å². The van der Waals surface area contributed by atoms with Gasteiger partial charge in [-0.05, 0) is 6.42 Å². The molecule has 1 heterocycles. The molecule has 0 aromatic carbocycles. The quantitative estimate of drug-likeness (QED) is 0.543. The Kier molecular flexibility index (Phi) is 2.69. The Morgan fingerprint density at radius 2 is 2.36 bits per heavy atom. The molecule has 0 radical (unpaired) electrons. The molecule has 0 amide bonds. The molecule has 0 spiro atoms. The topological polar surface area (TPSA) is 37.3 Å². The molecular weight excluding hydrogens is 136 g/mol. The van der Waals surface area contributed by atoms with Gasteiger partial charge in [0.1, 0.15) is 6.60 Å². The molecule has 58 valence electrons. The monoisotopic (exact) mass is 150 g/mol. The van der Waals surface area contributed by atoms with Gasteiger partial charge in [0, 0.05) is 5.82 Å². The predicted molar refractivity (Wildman–Crippen MR) is 51.5 cm³/mol. The van der Waals surface area contributed by atoms with Gasteiger partial charge in [-0.15, -0.1) is 0 Å². The predicted octanol–water partition coefficient (Wildman–Crippen LogP) is -0.399. The summed E-state index contributed by atoms with van der Waals surface area (Å²) in [6, 6.07) is 0. The second kappa shape index (κ2) is 3.37. The molecule has 1 fully saturated rings. The molecule has 1 saturated heterocycles. The maximum Gasteiger partial charge on any atom is 0.298 e. The van der Waals surface area contributed by atoms with Crippen LogP contribution in [0.2, 0.25) is 11.6 Å². The first-order valence-electron chi connectivity index (χ1n) is 4.39. The van der Waals surface area contributed by atoms with E-state index in [0.29, 0.717) is 12.4 Å². The second-order valence-electron chi connectivity index (χ2n) is 3.57. The molecule has 0 aromatic heterocycles. The van der Waals surface area contributed by atoms with Crippen LogP contribution >= 0.6 is 0 Å². The molecule has 11 heavy (non-hydrogen) atoms. The van der Waals surface area contributed by atoms with Crippen LogP contribution in [0.15, 0.2) is 0 Å². The summed E-state index contributed by atoms with van der Waals surface area (Å²) < 4.78 is 0. The van der Waals surface area contributed by atoms with Crippen molar-refractivity contribution < 1.29 is 9.90 Å². The third-order valence-corrected chi connectivity index (χ3v) is 2.97. The van der Waals surface area contributed by atoms with Crippen molar-refractivity contribution >= 4 is 27.4 Å². The van der Waals surface area contributed by atoms with E-state index in [0.717, 1.165) is 19.9 Å². The summed E-state index contributed by atoms with van der Waals surface area (Å²) >= 11 is 0. The highest BCUT2D eigenvalue weighted by Gasteiger charge is 2.38. The van der Waals surface area contributed by atoms with Gasteiger partial charge in [0.05, 0.1) is 14.8 Å². The molecule has 1 aliphatic heterocycles. The average molecular weight is 150 g/mol. The Morgan fingerprint density at radius 1 is 1.73 bits per heavy atom. The van der Waals surface area contributed by atoms with Crippen molar-refractivity contribution in [2.45, 2.75) is 31.4 Å². The fraction of sp³-hybridized carbons (Fsp3) is 0.833. The maximum absolute atomic E-state index is 10.7. The van der Waals surface area contributed by atoms with Crippen LogP contribution in [0.1, 0.15) is 19.8 Å². The largest absolute Gasteiger partial charge is 0.482 e. The summed E-state index contributed by atoms with van der Waals surface area (Å²) in [7, 11) is 3.10. The Balaban J connectivity index is 2.61. The smallest absolute Gasteiger partial charge is 0.298 e. The van der Waals surface area contributed by atoms with Crippen LogP contribution in [0.4, 0.5) is 0 Å². The number of hydrogen-bond donors (Lipinski definition) is 1. The number of carboxylic acid groups (broad SMARTS) is 1. The highest BCUT2D eigenvalue weighted by molar-refractivity contribution is 7.33. The number of rotatable bonds is 2. The first-order chi connectivity index (χ1) is 5.16. The molecule has 0 aliphatic carbocycles. The summed E-state index contributed by atoms with van der Waals surface area (Å²) in [6.45, 7) is 2.59. The van der Waals surface area contributed by atoms with Crippen molar-refractivity contribution in [3.63, 3.8) is 0 Å². The van der Waals surface area contributed by atoms with E-state index in [-0.39, 0.29) is 5.82 Å². The van der Waals surface area contributed by atoms with E-state index in [9.17, 15) is 4.79 Å². The molecule has 0 saturated carbocycles. The van der Waals surface area contributed by atoms with Crippen LogP contribution in [0.25, 0.3) is 0 Å². The lowest BCUT2D eigenvalue weighted by Crippen LogP contribution is -2.31. The Labute approximate surface area is 69.4 Å². The van der Waals surface area contributed by atoms with Gasteiger partial charge < -0.3 is 5.11 Å². The minimum atomic E-state index is -0.596. The van der Waals surface area contributed by atoms with Crippen LogP contribution in [0.3, 0.4) is 0 Å². The molecule has 2 nitrogen and oxygen atoms in total. The van der Waals surface area contributed by atoms with Crippen LogP contribution in [0, 0.1) is 0 Å². The number of carbonyl (C=O) groups is 1. The molecule has 2 atom stereocenters. The fourth-order valence-electron chi connectivity index (χ4n) is 2.26. The zero-order valence-corrected chi connectivity index (χ0v) is 7.21. The van der Waals surface area contributed by atoms with Crippen LogP contribution in [-0.4, -0.2) is 32.5 Å². The van der Waals surface area contributed by atoms with Gasteiger partial charge in [0.25, 0.3) is 5.97 Å². The summed E-state index contributed by atoms with van der Waals surface area (Å²) in [5.41, 5.74) is 0. The zero-order chi connectivity index (χ0) is 8.43. The van der Waals surface area contributed by atoms with Gasteiger partial charge in [-0.3, -0.25) is 4.79 Å². The summed E-state index contributed by atoms with van der Waals surface area (Å²) in [6.07, 6.45) is 1.98. The molecular formula is C6H13B3O2. The van der Waals surface area contributed by atoms with Crippen molar-refractivity contribution in [2.24, 2.45) is 0 Å². The van der Waals surface area contributed by atoms with E-state index in [2.05, 4.69) is 14.7 Å². The molecule has 1 rings (SSSR count). The lowest BCUT2D eigenvalue weighted by atomic mass is 9.08. The Morgan fingerprint density at radius 3 is 2.73 bits per heavy atom. The standard InChI is InChI=1S/C6H13B3O2/c1-4-2-3-5(6(10)11)9(4)8-7/h4-5,8H,2-3,7H2,1H3,(H,10,11)/t4?,5-/m0/s1. The van der Waals surface area contributed by atoms with Gasteiger partial charge in [-0.1, -0.05) is 19.2 Å². The van der Waals surface area contributed by atoms with Gasteiger partial charge in [-0.25, -0.2) is 0 Å². The summed E-state index contributed by atoms with van der Waals surface area (Å²) in [4.78, 5) is 10.7. The van der Waals surface area contributed by atoms with Gasteiger partial charge >= 0.3 is 0 Å². The first kappa shape index (κ1) is 8.76. The number of aliphatic carboxylic acids is 1. The zero-order valence-electron chi connectivity index (χ0n) is 7.21. The highest BCUT2D eigenvalue weighted by Crippen LogP contribution is 2.37. The SMILES string of the molecule is BBB1C(C)CC[C@H]1C(=O)O. The maximum atomic E-state index is 10.7. The van der Waals surface area contributed by atoms with E-state index < -0.39 is 5.97 Å². The van der Waals surface area contributed by atoms with Crippen molar-refractivity contribution in [1.82, 2.24) is 0 Å². The third kappa shape index (κ3) is 1.63. The lowest BCUT2D eigenvalue weighted by molar-refractivity contribution is -0.136. The Hall–Kier alpha value is -0.335. The van der Waals surface area contributed by atoms with Crippen molar-refractivity contribution in [2.75, 3.05) is 0 Å². The normalized spacial score (nSPS) is 30.5. The average Bonchev–Trinajstić information content (AvgIpc) is 2.30. The van der Waals surface area contributed by atoms with E-state index in [1.165, 1.54) is 0 Å². The van der Waals surface area contributed by atoms with Crippen LogP contribution in [-0.2, 0) is 4.79 Å². The molecule has 1 N–H and O–H groups in total. The minimum absolute atomic E-state index is 0.0602. The van der Waals surface area contributed by atoms with Gasteiger partial charge in [0.15, 0.2) is 0 Å². The van der Waals surface area contributed by atoms with Crippen LogP contribution < -0.4 is 0 Å². The molecule has 0 bridgehead atoms. The fourth-order valence-corrected chi connectivity index (χ4v) is 2.26. The minimum Gasteiger partial charge on any atom is -0.482 e. The summed E-state index contributed by atoms with van der Waals surface area (Å²) in [5.74, 6) is -0.0442.